The Bertz CT molecular complexity index is 754. The molecule has 2 rings (SSSR count). The molecular formula is C17H15NO6. The second kappa shape index (κ2) is 7.87. The van der Waals surface area contributed by atoms with Gasteiger partial charge in [0.05, 0.1) is 19.3 Å². The monoisotopic (exact) mass is 329 g/mol. The zero-order valence-electron chi connectivity index (χ0n) is 13.1. The molecule has 0 saturated carbocycles. The minimum atomic E-state index is -0.730. The van der Waals surface area contributed by atoms with Gasteiger partial charge in [0, 0.05) is 0 Å². The van der Waals surface area contributed by atoms with Gasteiger partial charge in [-0.25, -0.2) is 19.4 Å². The minimum absolute atomic E-state index is 0.0207. The van der Waals surface area contributed by atoms with Crippen LogP contribution in [0, 0.1) is 0 Å². The molecule has 0 saturated heterocycles. The predicted octanol–water partition coefficient (Wildman–Crippen LogP) is 2.26. The van der Waals surface area contributed by atoms with Crippen LogP contribution < -0.4 is 4.74 Å². The van der Waals surface area contributed by atoms with Gasteiger partial charge in [-0.2, -0.15) is 0 Å². The number of esters is 3. The number of benzene rings is 1. The van der Waals surface area contributed by atoms with E-state index in [-0.39, 0.29) is 23.7 Å². The van der Waals surface area contributed by atoms with E-state index in [1.165, 1.54) is 49.6 Å². The second-order valence-electron chi connectivity index (χ2n) is 4.53. The van der Waals surface area contributed by atoms with Crippen LogP contribution in [0.15, 0.2) is 42.5 Å². The molecule has 0 amide bonds. The molecule has 24 heavy (non-hydrogen) atoms. The normalized spacial score (nSPS) is 9.92. The molecule has 0 aliphatic rings. The van der Waals surface area contributed by atoms with Crippen LogP contribution in [0.3, 0.4) is 0 Å². The van der Waals surface area contributed by atoms with E-state index in [2.05, 4.69) is 9.72 Å². The van der Waals surface area contributed by atoms with E-state index in [9.17, 15) is 14.4 Å². The van der Waals surface area contributed by atoms with Crippen LogP contribution in [-0.4, -0.2) is 36.6 Å². The SMILES string of the molecule is CCOC(=O)c1cccc(C(=O)Oc2ccc(C(=O)OC)cc2)n1. The molecule has 1 aromatic heterocycles. The van der Waals surface area contributed by atoms with Crippen molar-refractivity contribution in [3.05, 3.63) is 59.4 Å². The van der Waals surface area contributed by atoms with Crippen molar-refractivity contribution >= 4 is 17.9 Å². The molecule has 0 aliphatic carbocycles. The number of pyridine rings is 1. The molecule has 7 nitrogen and oxygen atoms in total. The van der Waals surface area contributed by atoms with Crippen molar-refractivity contribution in [2.45, 2.75) is 6.92 Å². The maximum absolute atomic E-state index is 12.1. The Kier molecular flexibility index (Phi) is 5.62. The first kappa shape index (κ1) is 17.1. The molecule has 1 heterocycles. The first-order chi connectivity index (χ1) is 11.5. The Morgan fingerprint density at radius 2 is 1.54 bits per heavy atom. The van der Waals surface area contributed by atoms with Crippen molar-refractivity contribution in [3.8, 4) is 5.75 Å². The standard InChI is InChI=1S/C17H15NO6/c1-3-23-16(20)13-5-4-6-14(18-13)17(21)24-12-9-7-11(8-10-12)15(19)22-2/h4-10H,3H2,1-2H3. The highest BCUT2D eigenvalue weighted by molar-refractivity contribution is 5.93. The van der Waals surface area contributed by atoms with Crippen LogP contribution in [-0.2, 0) is 9.47 Å². The summed E-state index contributed by atoms with van der Waals surface area (Å²) >= 11 is 0. The Morgan fingerprint density at radius 1 is 0.917 bits per heavy atom. The lowest BCUT2D eigenvalue weighted by atomic mass is 10.2. The van der Waals surface area contributed by atoms with Crippen LogP contribution in [0.5, 0.6) is 5.75 Å². The number of carbonyl (C=O) groups is 3. The van der Waals surface area contributed by atoms with Crippen LogP contribution in [0.25, 0.3) is 0 Å². The summed E-state index contributed by atoms with van der Waals surface area (Å²) in [7, 11) is 1.28. The summed E-state index contributed by atoms with van der Waals surface area (Å²) in [4.78, 5) is 39.0. The summed E-state index contributed by atoms with van der Waals surface area (Å²) in [6.45, 7) is 1.88. The fraction of sp³-hybridized carbons (Fsp3) is 0.176. The number of aromatic nitrogens is 1. The summed E-state index contributed by atoms with van der Waals surface area (Å²) in [6.07, 6.45) is 0. The minimum Gasteiger partial charge on any atom is -0.465 e. The van der Waals surface area contributed by atoms with E-state index < -0.39 is 17.9 Å². The smallest absolute Gasteiger partial charge is 0.362 e. The zero-order chi connectivity index (χ0) is 17.5. The van der Waals surface area contributed by atoms with Crippen molar-refractivity contribution in [1.82, 2.24) is 4.98 Å². The Labute approximate surface area is 138 Å². The number of ether oxygens (including phenoxy) is 3. The van der Waals surface area contributed by atoms with Crippen molar-refractivity contribution in [3.63, 3.8) is 0 Å². The summed E-state index contributed by atoms with van der Waals surface area (Å²) < 4.78 is 14.6. The molecule has 0 aliphatic heterocycles. The number of hydrogen-bond acceptors (Lipinski definition) is 7. The molecule has 2 aromatic rings. The zero-order valence-corrected chi connectivity index (χ0v) is 13.1. The highest BCUT2D eigenvalue weighted by atomic mass is 16.5. The first-order valence-electron chi connectivity index (χ1n) is 7.10. The van der Waals surface area contributed by atoms with Crippen molar-refractivity contribution < 1.29 is 28.6 Å². The van der Waals surface area contributed by atoms with Gasteiger partial charge in [-0.05, 0) is 43.3 Å². The number of nitrogens with zero attached hydrogens (tertiary/aromatic N) is 1. The van der Waals surface area contributed by atoms with Crippen LogP contribution in [0.4, 0.5) is 0 Å². The fourth-order valence-corrected chi connectivity index (χ4v) is 1.80. The topological polar surface area (TPSA) is 91.8 Å². The van der Waals surface area contributed by atoms with E-state index in [4.69, 9.17) is 9.47 Å². The molecule has 0 N–H and O–H groups in total. The molecule has 0 radical (unpaired) electrons. The Hall–Kier alpha value is -3.22. The summed E-state index contributed by atoms with van der Waals surface area (Å²) in [5.41, 5.74) is 0.324. The average Bonchev–Trinajstić information content (AvgIpc) is 2.62. The lowest BCUT2D eigenvalue weighted by Crippen LogP contribution is -2.14. The largest absolute Gasteiger partial charge is 0.465 e. The van der Waals surface area contributed by atoms with Gasteiger partial charge in [0.2, 0.25) is 0 Å². The van der Waals surface area contributed by atoms with Gasteiger partial charge in [0.15, 0.2) is 0 Å². The Morgan fingerprint density at radius 3 is 2.12 bits per heavy atom. The molecule has 0 spiro atoms. The van der Waals surface area contributed by atoms with Gasteiger partial charge < -0.3 is 14.2 Å². The average molecular weight is 329 g/mol. The molecule has 0 fully saturated rings. The maximum atomic E-state index is 12.1. The molecule has 124 valence electrons. The molecule has 0 unspecified atom stereocenters. The Balaban J connectivity index is 2.11. The van der Waals surface area contributed by atoms with Crippen molar-refractivity contribution in [1.29, 1.82) is 0 Å². The van der Waals surface area contributed by atoms with Crippen LogP contribution in [0.2, 0.25) is 0 Å². The number of rotatable bonds is 5. The summed E-state index contributed by atoms with van der Waals surface area (Å²) in [5.74, 6) is -1.60. The van der Waals surface area contributed by atoms with Gasteiger partial charge in [-0.1, -0.05) is 6.07 Å². The van der Waals surface area contributed by atoms with E-state index in [1.807, 2.05) is 0 Å². The highest BCUT2D eigenvalue weighted by Crippen LogP contribution is 2.14. The maximum Gasteiger partial charge on any atom is 0.362 e. The van der Waals surface area contributed by atoms with Gasteiger partial charge >= 0.3 is 17.9 Å². The lowest BCUT2D eigenvalue weighted by Gasteiger charge is -2.06. The fourth-order valence-electron chi connectivity index (χ4n) is 1.80. The van der Waals surface area contributed by atoms with Gasteiger partial charge in [-0.3, -0.25) is 0 Å². The van der Waals surface area contributed by atoms with Crippen LogP contribution in [0.1, 0.15) is 38.3 Å². The molecule has 7 heteroatoms. The first-order valence-corrected chi connectivity index (χ1v) is 7.10. The highest BCUT2D eigenvalue weighted by Gasteiger charge is 2.15. The third kappa shape index (κ3) is 4.16. The van der Waals surface area contributed by atoms with Gasteiger partial charge in [-0.15, -0.1) is 0 Å². The van der Waals surface area contributed by atoms with E-state index >= 15 is 0 Å². The van der Waals surface area contributed by atoms with E-state index in [0.29, 0.717) is 5.56 Å². The second-order valence-corrected chi connectivity index (χ2v) is 4.53. The van der Waals surface area contributed by atoms with Crippen LogP contribution >= 0.6 is 0 Å². The van der Waals surface area contributed by atoms with Crippen molar-refractivity contribution in [2.24, 2.45) is 0 Å². The van der Waals surface area contributed by atoms with Gasteiger partial charge in [0.1, 0.15) is 17.1 Å². The van der Waals surface area contributed by atoms with E-state index in [1.54, 1.807) is 6.92 Å². The lowest BCUT2D eigenvalue weighted by molar-refractivity contribution is 0.0518. The number of methoxy groups -OCH3 is 1. The summed E-state index contributed by atoms with van der Waals surface area (Å²) in [5, 5.41) is 0. The third-order valence-electron chi connectivity index (χ3n) is 2.93. The van der Waals surface area contributed by atoms with Gasteiger partial charge in [0.25, 0.3) is 0 Å². The molecule has 0 atom stereocenters. The third-order valence-corrected chi connectivity index (χ3v) is 2.93. The molecule has 1 aromatic carbocycles. The van der Waals surface area contributed by atoms with E-state index in [0.717, 1.165) is 0 Å². The predicted molar refractivity (Wildman–Crippen MR) is 82.9 cm³/mol. The molecule has 0 bridgehead atoms. The number of hydrogen-bond donors (Lipinski definition) is 0. The quantitative estimate of drug-likeness (QED) is 0.613. The molecular weight excluding hydrogens is 314 g/mol. The number of carbonyl (C=O) groups excluding carboxylic acids is 3. The van der Waals surface area contributed by atoms with Crippen molar-refractivity contribution in [2.75, 3.05) is 13.7 Å². The summed E-state index contributed by atoms with van der Waals surface area (Å²) in [6, 6.07) is 10.2.